The van der Waals surface area contributed by atoms with E-state index in [1.807, 2.05) is 0 Å². The molecule has 1 unspecified atom stereocenters. The number of hydrogen-bond donors (Lipinski definition) is 2. The molecular weight excluding hydrogens is 252 g/mol. The molecular formula is C16H32N2O2. The molecule has 1 heterocycles. The molecule has 0 bridgehead atoms. The number of aliphatic hydroxyl groups excluding tert-OH is 1. The van der Waals surface area contributed by atoms with Gasteiger partial charge in [0.05, 0.1) is 13.2 Å². The second-order valence-corrected chi connectivity index (χ2v) is 6.62. The first-order valence-corrected chi connectivity index (χ1v) is 8.39. The van der Waals surface area contributed by atoms with E-state index in [-0.39, 0.29) is 12.0 Å². The molecule has 1 atom stereocenters. The zero-order valence-corrected chi connectivity index (χ0v) is 13.2. The molecule has 2 aliphatic rings. The SMILES string of the molecule is CCC(CC)N(CCO)CC1(CNC2CC2)CCOC1. The van der Waals surface area contributed by atoms with Crippen molar-refractivity contribution in [1.29, 1.82) is 0 Å². The minimum atomic E-state index is 0.250. The van der Waals surface area contributed by atoms with Crippen LogP contribution in [0.1, 0.15) is 46.0 Å². The van der Waals surface area contributed by atoms with Crippen molar-refractivity contribution >= 4 is 0 Å². The molecule has 4 nitrogen and oxygen atoms in total. The van der Waals surface area contributed by atoms with Crippen molar-refractivity contribution in [1.82, 2.24) is 10.2 Å². The van der Waals surface area contributed by atoms with Crippen LogP contribution in [0, 0.1) is 5.41 Å². The Morgan fingerprint density at radius 3 is 2.60 bits per heavy atom. The average molecular weight is 284 g/mol. The monoisotopic (exact) mass is 284 g/mol. The van der Waals surface area contributed by atoms with E-state index in [1.165, 1.54) is 12.8 Å². The highest BCUT2D eigenvalue weighted by atomic mass is 16.5. The molecule has 2 fully saturated rings. The lowest BCUT2D eigenvalue weighted by molar-refractivity contribution is 0.0680. The van der Waals surface area contributed by atoms with Crippen LogP contribution in [0.5, 0.6) is 0 Å². The number of aliphatic hydroxyl groups is 1. The first kappa shape index (κ1) is 16.2. The largest absolute Gasteiger partial charge is 0.395 e. The van der Waals surface area contributed by atoms with Gasteiger partial charge < -0.3 is 15.2 Å². The van der Waals surface area contributed by atoms with E-state index in [0.717, 1.165) is 58.2 Å². The van der Waals surface area contributed by atoms with E-state index in [1.54, 1.807) is 0 Å². The molecule has 0 amide bonds. The summed E-state index contributed by atoms with van der Waals surface area (Å²) < 4.78 is 5.71. The predicted octanol–water partition coefficient (Wildman–Crippen LogP) is 1.63. The summed E-state index contributed by atoms with van der Waals surface area (Å²) in [6.45, 7) is 9.43. The zero-order valence-electron chi connectivity index (χ0n) is 13.2. The highest BCUT2D eigenvalue weighted by Crippen LogP contribution is 2.32. The highest BCUT2D eigenvalue weighted by Gasteiger charge is 2.38. The van der Waals surface area contributed by atoms with Crippen LogP contribution < -0.4 is 5.32 Å². The van der Waals surface area contributed by atoms with Crippen molar-refractivity contribution in [2.24, 2.45) is 5.41 Å². The number of nitrogens with zero attached hydrogens (tertiary/aromatic N) is 1. The Bertz CT molecular complexity index is 272. The van der Waals surface area contributed by atoms with Gasteiger partial charge in [0.15, 0.2) is 0 Å². The fraction of sp³-hybridized carbons (Fsp3) is 1.00. The van der Waals surface area contributed by atoms with Crippen molar-refractivity contribution < 1.29 is 9.84 Å². The molecule has 2 N–H and O–H groups in total. The number of hydrogen-bond acceptors (Lipinski definition) is 4. The highest BCUT2D eigenvalue weighted by molar-refractivity contribution is 4.93. The van der Waals surface area contributed by atoms with Gasteiger partial charge in [0.2, 0.25) is 0 Å². The Hall–Kier alpha value is -0.160. The Labute approximate surface area is 123 Å². The molecule has 1 saturated heterocycles. The van der Waals surface area contributed by atoms with Gasteiger partial charge in [0.25, 0.3) is 0 Å². The normalized spacial score (nSPS) is 26.9. The van der Waals surface area contributed by atoms with E-state index in [2.05, 4.69) is 24.1 Å². The lowest BCUT2D eigenvalue weighted by Crippen LogP contribution is -2.49. The first-order chi connectivity index (χ1) is 9.73. The maximum absolute atomic E-state index is 9.37. The summed E-state index contributed by atoms with van der Waals surface area (Å²) in [6.07, 6.45) is 6.13. The van der Waals surface area contributed by atoms with Crippen LogP contribution in [0.4, 0.5) is 0 Å². The third-order valence-corrected chi connectivity index (χ3v) is 4.91. The molecule has 20 heavy (non-hydrogen) atoms. The molecule has 0 aromatic rings. The van der Waals surface area contributed by atoms with Gasteiger partial charge in [0, 0.05) is 43.7 Å². The van der Waals surface area contributed by atoms with Crippen molar-refractivity contribution in [3.63, 3.8) is 0 Å². The van der Waals surface area contributed by atoms with Gasteiger partial charge in [-0.3, -0.25) is 4.90 Å². The maximum atomic E-state index is 9.37. The van der Waals surface area contributed by atoms with Crippen molar-refractivity contribution in [3.05, 3.63) is 0 Å². The molecule has 1 aliphatic heterocycles. The molecule has 0 radical (unpaired) electrons. The maximum Gasteiger partial charge on any atom is 0.0558 e. The Morgan fingerprint density at radius 2 is 2.10 bits per heavy atom. The van der Waals surface area contributed by atoms with E-state index in [9.17, 15) is 5.11 Å². The third-order valence-electron chi connectivity index (χ3n) is 4.91. The van der Waals surface area contributed by atoms with Crippen LogP contribution >= 0.6 is 0 Å². The van der Waals surface area contributed by atoms with Crippen LogP contribution in [0.3, 0.4) is 0 Å². The summed E-state index contributed by atoms with van der Waals surface area (Å²) in [5.41, 5.74) is 0.250. The number of ether oxygens (including phenoxy) is 1. The average Bonchev–Trinajstić information content (AvgIpc) is 3.18. The molecule has 0 aromatic carbocycles. The van der Waals surface area contributed by atoms with Crippen LogP contribution in [0.2, 0.25) is 0 Å². The van der Waals surface area contributed by atoms with E-state index < -0.39 is 0 Å². The van der Waals surface area contributed by atoms with Crippen LogP contribution in [0.25, 0.3) is 0 Å². The summed E-state index contributed by atoms with van der Waals surface area (Å²) in [4.78, 5) is 2.49. The summed E-state index contributed by atoms with van der Waals surface area (Å²) in [5, 5.41) is 13.1. The second kappa shape index (κ2) is 7.74. The lowest BCUT2D eigenvalue weighted by Gasteiger charge is -2.38. The van der Waals surface area contributed by atoms with E-state index >= 15 is 0 Å². The van der Waals surface area contributed by atoms with Crippen molar-refractivity contribution in [2.75, 3.05) is 39.5 Å². The third kappa shape index (κ3) is 4.42. The van der Waals surface area contributed by atoms with Crippen molar-refractivity contribution in [3.8, 4) is 0 Å². The molecule has 2 rings (SSSR count). The Morgan fingerprint density at radius 1 is 1.35 bits per heavy atom. The fourth-order valence-corrected chi connectivity index (χ4v) is 3.37. The van der Waals surface area contributed by atoms with Gasteiger partial charge in [-0.25, -0.2) is 0 Å². The zero-order chi connectivity index (χ0) is 14.4. The topological polar surface area (TPSA) is 44.7 Å². The van der Waals surface area contributed by atoms with Gasteiger partial charge in [-0.05, 0) is 32.1 Å². The number of nitrogens with one attached hydrogen (secondary N) is 1. The second-order valence-electron chi connectivity index (χ2n) is 6.62. The summed E-state index contributed by atoms with van der Waals surface area (Å²) >= 11 is 0. The molecule has 0 spiro atoms. The molecule has 1 saturated carbocycles. The Kier molecular flexibility index (Phi) is 6.27. The first-order valence-electron chi connectivity index (χ1n) is 8.39. The molecule has 118 valence electrons. The number of rotatable bonds is 10. The minimum absolute atomic E-state index is 0.250. The molecule has 0 aromatic heterocycles. The molecule has 1 aliphatic carbocycles. The summed E-state index contributed by atoms with van der Waals surface area (Å²) in [5.74, 6) is 0. The van der Waals surface area contributed by atoms with E-state index in [4.69, 9.17) is 4.74 Å². The van der Waals surface area contributed by atoms with Crippen molar-refractivity contribution in [2.45, 2.75) is 58.0 Å². The molecule has 4 heteroatoms. The van der Waals surface area contributed by atoms with Crippen LogP contribution in [-0.2, 0) is 4.74 Å². The summed E-state index contributed by atoms with van der Waals surface area (Å²) in [6, 6.07) is 1.34. The predicted molar refractivity (Wildman–Crippen MR) is 81.9 cm³/mol. The quantitative estimate of drug-likeness (QED) is 0.640. The van der Waals surface area contributed by atoms with Gasteiger partial charge in [-0.2, -0.15) is 0 Å². The Balaban J connectivity index is 1.95. The van der Waals surface area contributed by atoms with Gasteiger partial charge in [0.1, 0.15) is 0 Å². The minimum Gasteiger partial charge on any atom is -0.395 e. The lowest BCUT2D eigenvalue weighted by atomic mass is 9.85. The smallest absolute Gasteiger partial charge is 0.0558 e. The van der Waals surface area contributed by atoms with Crippen LogP contribution in [0.15, 0.2) is 0 Å². The van der Waals surface area contributed by atoms with Gasteiger partial charge >= 0.3 is 0 Å². The van der Waals surface area contributed by atoms with Gasteiger partial charge in [-0.15, -0.1) is 0 Å². The standard InChI is InChI=1S/C16H32N2O2/c1-3-15(4-2)18(8-9-19)12-16(7-10-20-13-16)11-17-14-5-6-14/h14-15,17,19H,3-13H2,1-2H3. The van der Waals surface area contributed by atoms with Crippen LogP contribution in [-0.4, -0.2) is 61.5 Å². The fourth-order valence-electron chi connectivity index (χ4n) is 3.37. The van der Waals surface area contributed by atoms with E-state index in [0.29, 0.717) is 6.04 Å². The van der Waals surface area contributed by atoms with Gasteiger partial charge in [-0.1, -0.05) is 13.8 Å². The summed E-state index contributed by atoms with van der Waals surface area (Å²) in [7, 11) is 0.